The van der Waals surface area contributed by atoms with Crippen molar-refractivity contribution < 1.29 is 9.47 Å². The summed E-state index contributed by atoms with van der Waals surface area (Å²) in [5.74, 6) is 1.50. The van der Waals surface area contributed by atoms with E-state index in [9.17, 15) is 0 Å². The van der Waals surface area contributed by atoms with Gasteiger partial charge in [0, 0.05) is 13.2 Å². The second kappa shape index (κ2) is 7.90. The van der Waals surface area contributed by atoms with Crippen LogP contribution in [0.3, 0.4) is 0 Å². The molecule has 4 heteroatoms. The van der Waals surface area contributed by atoms with E-state index in [2.05, 4.69) is 17.2 Å². The number of nitrogens with zero attached hydrogens (tertiary/aromatic N) is 1. The first-order chi connectivity index (χ1) is 8.30. The zero-order valence-corrected chi connectivity index (χ0v) is 10.9. The number of pyridine rings is 1. The SMILES string of the molecule is CCCC(COC)Nc1cccc(OCC)n1. The highest BCUT2D eigenvalue weighted by atomic mass is 16.5. The van der Waals surface area contributed by atoms with E-state index in [1.165, 1.54) is 0 Å². The number of hydrogen-bond donors (Lipinski definition) is 1. The van der Waals surface area contributed by atoms with E-state index in [1.807, 2.05) is 25.1 Å². The Morgan fingerprint density at radius 1 is 1.35 bits per heavy atom. The summed E-state index contributed by atoms with van der Waals surface area (Å²) in [6.45, 7) is 5.43. The molecule has 0 fully saturated rings. The standard InChI is InChI=1S/C13H22N2O2/c1-4-7-11(10-16-3)14-12-8-6-9-13(15-12)17-5-2/h6,8-9,11H,4-5,7,10H2,1-3H3,(H,14,15). The monoisotopic (exact) mass is 238 g/mol. The predicted octanol–water partition coefficient (Wildman–Crippen LogP) is 2.71. The molecule has 1 unspecified atom stereocenters. The number of anilines is 1. The maximum Gasteiger partial charge on any atom is 0.215 e. The first kappa shape index (κ1) is 13.8. The van der Waals surface area contributed by atoms with Gasteiger partial charge < -0.3 is 14.8 Å². The lowest BCUT2D eigenvalue weighted by molar-refractivity contribution is 0.182. The zero-order chi connectivity index (χ0) is 12.5. The summed E-state index contributed by atoms with van der Waals surface area (Å²) in [7, 11) is 1.72. The van der Waals surface area contributed by atoms with Crippen LogP contribution < -0.4 is 10.1 Å². The van der Waals surface area contributed by atoms with Gasteiger partial charge in [-0.3, -0.25) is 0 Å². The molecule has 0 bridgehead atoms. The van der Waals surface area contributed by atoms with Gasteiger partial charge in [-0.1, -0.05) is 19.4 Å². The molecule has 0 radical (unpaired) electrons. The summed E-state index contributed by atoms with van der Waals surface area (Å²) in [6, 6.07) is 6.05. The van der Waals surface area contributed by atoms with E-state index >= 15 is 0 Å². The van der Waals surface area contributed by atoms with Gasteiger partial charge >= 0.3 is 0 Å². The van der Waals surface area contributed by atoms with Crippen LogP contribution >= 0.6 is 0 Å². The molecule has 0 aromatic carbocycles. The van der Waals surface area contributed by atoms with Crippen molar-refractivity contribution in [2.75, 3.05) is 25.6 Å². The average Bonchev–Trinajstić information content (AvgIpc) is 2.30. The van der Waals surface area contributed by atoms with Crippen LogP contribution in [0.5, 0.6) is 5.88 Å². The van der Waals surface area contributed by atoms with Gasteiger partial charge in [-0.2, -0.15) is 4.98 Å². The highest BCUT2D eigenvalue weighted by molar-refractivity contribution is 5.38. The first-order valence-corrected chi connectivity index (χ1v) is 6.15. The molecular formula is C13H22N2O2. The maximum absolute atomic E-state index is 5.37. The molecule has 17 heavy (non-hydrogen) atoms. The molecular weight excluding hydrogens is 216 g/mol. The Balaban J connectivity index is 2.60. The Labute approximate surface area is 103 Å². The second-order valence-corrected chi connectivity index (χ2v) is 3.88. The fourth-order valence-electron chi connectivity index (χ4n) is 1.68. The van der Waals surface area contributed by atoms with Gasteiger partial charge in [0.25, 0.3) is 0 Å². The molecule has 1 aromatic heterocycles. The maximum atomic E-state index is 5.37. The number of nitrogens with one attached hydrogen (secondary N) is 1. The Morgan fingerprint density at radius 3 is 2.82 bits per heavy atom. The van der Waals surface area contributed by atoms with Crippen LogP contribution in [0, 0.1) is 0 Å². The molecule has 1 aromatic rings. The van der Waals surface area contributed by atoms with Crippen LogP contribution in [0.2, 0.25) is 0 Å². The van der Waals surface area contributed by atoms with Crippen molar-refractivity contribution in [1.29, 1.82) is 0 Å². The summed E-state index contributed by atoms with van der Waals surface area (Å²) in [5.41, 5.74) is 0. The van der Waals surface area contributed by atoms with E-state index in [0.717, 1.165) is 18.7 Å². The van der Waals surface area contributed by atoms with Gasteiger partial charge in [-0.25, -0.2) is 0 Å². The summed E-state index contributed by atoms with van der Waals surface area (Å²) >= 11 is 0. The van der Waals surface area contributed by atoms with Crippen molar-refractivity contribution in [3.63, 3.8) is 0 Å². The zero-order valence-electron chi connectivity index (χ0n) is 10.9. The van der Waals surface area contributed by atoms with E-state index in [4.69, 9.17) is 9.47 Å². The molecule has 4 nitrogen and oxygen atoms in total. The second-order valence-electron chi connectivity index (χ2n) is 3.88. The van der Waals surface area contributed by atoms with Crippen LogP contribution in [0.15, 0.2) is 18.2 Å². The molecule has 1 N–H and O–H groups in total. The minimum Gasteiger partial charge on any atom is -0.478 e. The largest absolute Gasteiger partial charge is 0.478 e. The van der Waals surface area contributed by atoms with Gasteiger partial charge in [0.1, 0.15) is 5.82 Å². The summed E-state index contributed by atoms with van der Waals surface area (Å²) in [4.78, 5) is 4.38. The molecule has 0 amide bonds. The highest BCUT2D eigenvalue weighted by Crippen LogP contribution is 2.13. The molecule has 1 rings (SSSR count). The Hall–Kier alpha value is -1.29. The molecule has 0 saturated heterocycles. The number of rotatable bonds is 8. The number of aromatic nitrogens is 1. The third kappa shape index (κ3) is 5.04. The average molecular weight is 238 g/mol. The van der Waals surface area contributed by atoms with Gasteiger partial charge in [0.2, 0.25) is 5.88 Å². The fraction of sp³-hybridized carbons (Fsp3) is 0.615. The fourth-order valence-corrected chi connectivity index (χ4v) is 1.68. The minimum atomic E-state index is 0.300. The van der Waals surface area contributed by atoms with Gasteiger partial charge in [0.15, 0.2) is 0 Å². The van der Waals surface area contributed by atoms with Crippen LogP contribution in [0.25, 0.3) is 0 Å². The quantitative estimate of drug-likeness (QED) is 0.756. The molecule has 0 spiro atoms. The lowest BCUT2D eigenvalue weighted by atomic mass is 10.2. The third-order valence-electron chi connectivity index (χ3n) is 2.37. The van der Waals surface area contributed by atoms with Gasteiger partial charge in [-0.05, 0) is 19.4 Å². The lowest BCUT2D eigenvalue weighted by Crippen LogP contribution is -2.25. The Kier molecular flexibility index (Phi) is 6.40. The third-order valence-corrected chi connectivity index (χ3v) is 2.37. The molecule has 0 saturated carbocycles. The molecule has 0 aliphatic heterocycles. The number of methoxy groups -OCH3 is 1. The number of ether oxygens (including phenoxy) is 2. The van der Waals surface area contributed by atoms with Gasteiger partial charge in [0.05, 0.1) is 19.3 Å². The molecule has 0 aliphatic rings. The van der Waals surface area contributed by atoms with Crippen LogP contribution in [-0.4, -0.2) is 31.3 Å². The summed E-state index contributed by atoms with van der Waals surface area (Å²) < 4.78 is 10.6. The van der Waals surface area contributed by atoms with E-state index < -0.39 is 0 Å². The number of hydrogen-bond acceptors (Lipinski definition) is 4. The van der Waals surface area contributed by atoms with Crippen LogP contribution in [0.4, 0.5) is 5.82 Å². The first-order valence-electron chi connectivity index (χ1n) is 6.15. The van der Waals surface area contributed by atoms with Crippen molar-refractivity contribution in [2.24, 2.45) is 0 Å². The minimum absolute atomic E-state index is 0.300. The van der Waals surface area contributed by atoms with Crippen LogP contribution in [0.1, 0.15) is 26.7 Å². The van der Waals surface area contributed by atoms with Crippen molar-refractivity contribution in [3.05, 3.63) is 18.2 Å². The van der Waals surface area contributed by atoms with Crippen LogP contribution in [-0.2, 0) is 4.74 Å². The molecule has 0 aliphatic carbocycles. The topological polar surface area (TPSA) is 43.4 Å². The van der Waals surface area contributed by atoms with E-state index in [0.29, 0.717) is 25.1 Å². The van der Waals surface area contributed by atoms with E-state index in [1.54, 1.807) is 7.11 Å². The normalized spacial score (nSPS) is 12.2. The summed E-state index contributed by atoms with van der Waals surface area (Å²) in [5, 5.41) is 3.36. The van der Waals surface area contributed by atoms with Gasteiger partial charge in [-0.15, -0.1) is 0 Å². The molecule has 96 valence electrons. The predicted molar refractivity (Wildman–Crippen MR) is 69.6 cm³/mol. The lowest BCUT2D eigenvalue weighted by Gasteiger charge is -2.18. The molecule has 1 heterocycles. The van der Waals surface area contributed by atoms with E-state index in [-0.39, 0.29) is 0 Å². The van der Waals surface area contributed by atoms with Crippen molar-refractivity contribution in [2.45, 2.75) is 32.7 Å². The smallest absolute Gasteiger partial charge is 0.215 e. The van der Waals surface area contributed by atoms with Crippen molar-refractivity contribution in [3.8, 4) is 5.88 Å². The Bertz CT molecular complexity index is 312. The van der Waals surface area contributed by atoms with Crippen molar-refractivity contribution in [1.82, 2.24) is 4.98 Å². The van der Waals surface area contributed by atoms with Crippen molar-refractivity contribution >= 4 is 5.82 Å². The Morgan fingerprint density at radius 2 is 2.18 bits per heavy atom. The highest BCUT2D eigenvalue weighted by Gasteiger charge is 2.08. The summed E-state index contributed by atoms with van der Waals surface area (Å²) in [6.07, 6.45) is 2.18. The molecule has 1 atom stereocenters.